The summed E-state index contributed by atoms with van der Waals surface area (Å²) < 4.78 is 82.4. The predicted octanol–water partition coefficient (Wildman–Crippen LogP) is 5.51. The topological polar surface area (TPSA) is 55.4 Å². The summed E-state index contributed by atoms with van der Waals surface area (Å²) in [7, 11) is 1.83. The number of pyridine rings is 1. The van der Waals surface area contributed by atoms with Gasteiger partial charge in [0.1, 0.15) is 17.8 Å². The van der Waals surface area contributed by atoms with Crippen molar-refractivity contribution in [3.05, 3.63) is 59.7 Å². The maximum Gasteiger partial charge on any atom is 0.418 e. The molecule has 1 aromatic carbocycles. The normalized spacial score (nSPS) is 20.9. The highest BCUT2D eigenvalue weighted by atomic mass is 19.4. The van der Waals surface area contributed by atoms with E-state index < -0.39 is 35.6 Å². The summed E-state index contributed by atoms with van der Waals surface area (Å²) >= 11 is 0. The first-order valence-electron chi connectivity index (χ1n) is 10.4. The third-order valence-electron chi connectivity index (χ3n) is 6.04. The predicted molar refractivity (Wildman–Crippen MR) is 116 cm³/mol. The van der Waals surface area contributed by atoms with E-state index in [1.165, 1.54) is 0 Å². The number of hydrogen-bond acceptors (Lipinski definition) is 4. The largest absolute Gasteiger partial charge is 0.418 e. The van der Waals surface area contributed by atoms with Crippen LogP contribution in [0.25, 0.3) is 21.9 Å². The first kappa shape index (κ1) is 22.3. The van der Waals surface area contributed by atoms with Gasteiger partial charge in [-0.25, -0.2) is 4.98 Å². The number of nitrogens with zero attached hydrogens (tertiary/aromatic N) is 5. The molecule has 1 aliphatic heterocycles. The molecule has 2 atom stereocenters. The molecule has 0 saturated heterocycles. The number of fused-ring (bicyclic) bond motifs is 4. The average Bonchev–Trinajstić information content (AvgIpc) is 3.11. The third-order valence-corrected chi connectivity index (χ3v) is 6.04. The molecule has 0 fully saturated rings. The summed E-state index contributed by atoms with van der Waals surface area (Å²) in [5.74, 6) is -1.51. The first-order valence-corrected chi connectivity index (χ1v) is 10.4. The summed E-state index contributed by atoms with van der Waals surface area (Å²) in [5.41, 5.74) is 0.683. The van der Waals surface area contributed by atoms with Crippen LogP contribution in [0.3, 0.4) is 0 Å². The molecular weight excluding hydrogens is 460 g/mol. The van der Waals surface area contributed by atoms with E-state index in [2.05, 4.69) is 20.0 Å². The maximum absolute atomic E-state index is 13.5. The van der Waals surface area contributed by atoms with Crippen molar-refractivity contribution in [3.63, 3.8) is 0 Å². The Labute approximate surface area is 189 Å². The summed E-state index contributed by atoms with van der Waals surface area (Å²) in [4.78, 5) is 16.8. The second-order valence-electron chi connectivity index (χ2n) is 8.14. The van der Waals surface area contributed by atoms with Crippen LogP contribution in [0.15, 0.2) is 63.9 Å². The highest BCUT2D eigenvalue weighted by Gasteiger charge is 2.50. The van der Waals surface area contributed by atoms with E-state index in [9.17, 15) is 26.3 Å². The highest BCUT2D eigenvalue weighted by molar-refractivity contribution is 6.31. The molecule has 34 heavy (non-hydrogen) atoms. The van der Waals surface area contributed by atoms with Gasteiger partial charge in [0.2, 0.25) is 0 Å². The van der Waals surface area contributed by atoms with E-state index >= 15 is 0 Å². The molecule has 0 amide bonds. The van der Waals surface area contributed by atoms with Crippen LogP contribution < -0.4 is 0 Å². The zero-order valence-electron chi connectivity index (χ0n) is 17.7. The molecule has 0 saturated carbocycles. The molecule has 0 radical (unpaired) electrons. The molecule has 3 heterocycles. The Morgan fingerprint density at radius 1 is 1.03 bits per heavy atom. The lowest BCUT2D eigenvalue weighted by atomic mass is 9.87. The van der Waals surface area contributed by atoms with Crippen LogP contribution in [-0.2, 0) is 13.5 Å². The quantitative estimate of drug-likeness (QED) is 0.467. The molecule has 0 spiro atoms. The van der Waals surface area contributed by atoms with Gasteiger partial charge in [-0.2, -0.15) is 26.3 Å². The van der Waals surface area contributed by atoms with Gasteiger partial charge in [-0.15, -0.1) is 0 Å². The van der Waals surface area contributed by atoms with E-state index in [0.717, 1.165) is 28.2 Å². The summed E-state index contributed by atoms with van der Waals surface area (Å²) in [6, 6.07) is 5.70. The lowest BCUT2D eigenvalue weighted by Crippen LogP contribution is -2.38. The first-order chi connectivity index (χ1) is 16.0. The number of benzene rings is 1. The fourth-order valence-corrected chi connectivity index (χ4v) is 4.34. The van der Waals surface area contributed by atoms with Gasteiger partial charge in [0.15, 0.2) is 0 Å². The Morgan fingerprint density at radius 2 is 1.82 bits per heavy atom. The van der Waals surface area contributed by atoms with Gasteiger partial charge in [0.25, 0.3) is 0 Å². The summed E-state index contributed by atoms with van der Waals surface area (Å²) in [6.45, 7) is 0. The number of rotatable bonds is 3. The standard InChI is InChI=1S/C23H17F6N5/c1-34-17-8-7-16-13(3-2-10-30-16)19(17)33-18(34)9-4-12-11-31-20-14(22(24,25)26)5-6-15(21(20)32-12)23(27,28)29/h2-3,5-8,10-11,15,21H,4,9H2,1H3. The molecule has 2 aromatic heterocycles. The zero-order chi connectivity index (χ0) is 24.3. The molecule has 176 valence electrons. The Bertz CT molecular complexity index is 1410. The smallest absolute Gasteiger partial charge is 0.331 e. The Hall–Kier alpha value is -3.50. The van der Waals surface area contributed by atoms with E-state index in [0.29, 0.717) is 24.4 Å². The molecule has 2 aliphatic rings. The Balaban J connectivity index is 1.45. The second kappa shape index (κ2) is 7.78. The fourth-order valence-electron chi connectivity index (χ4n) is 4.34. The van der Waals surface area contributed by atoms with Crippen molar-refractivity contribution in [3.8, 4) is 0 Å². The van der Waals surface area contributed by atoms with E-state index in [-0.39, 0.29) is 12.1 Å². The number of imidazole rings is 1. The molecule has 1 aliphatic carbocycles. The van der Waals surface area contributed by atoms with Crippen molar-refractivity contribution in [2.75, 3.05) is 0 Å². The molecule has 5 rings (SSSR count). The Morgan fingerprint density at radius 3 is 2.56 bits per heavy atom. The molecule has 2 unspecified atom stereocenters. The Kier molecular flexibility index (Phi) is 5.10. The van der Waals surface area contributed by atoms with Crippen molar-refractivity contribution >= 4 is 33.9 Å². The minimum absolute atomic E-state index is 0.177. The second-order valence-corrected chi connectivity index (χ2v) is 8.14. The molecule has 5 nitrogen and oxygen atoms in total. The van der Waals surface area contributed by atoms with E-state index in [4.69, 9.17) is 0 Å². The van der Waals surface area contributed by atoms with Crippen LogP contribution in [0.1, 0.15) is 12.2 Å². The number of aryl methyl sites for hydroxylation is 2. The van der Waals surface area contributed by atoms with E-state index in [1.807, 2.05) is 29.8 Å². The van der Waals surface area contributed by atoms with Crippen molar-refractivity contribution in [2.45, 2.75) is 31.2 Å². The molecule has 3 aromatic rings. The minimum atomic E-state index is -4.82. The number of aliphatic imine (C=N–C) groups is 2. The van der Waals surface area contributed by atoms with Gasteiger partial charge < -0.3 is 4.57 Å². The van der Waals surface area contributed by atoms with Gasteiger partial charge in [-0.1, -0.05) is 12.2 Å². The van der Waals surface area contributed by atoms with Crippen LogP contribution in [0.2, 0.25) is 0 Å². The van der Waals surface area contributed by atoms with Crippen molar-refractivity contribution in [1.82, 2.24) is 14.5 Å². The number of hydrogen-bond donors (Lipinski definition) is 0. The van der Waals surface area contributed by atoms with Gasteiger partial charge in [0, 0.05) is 31.3 Å². The average molecular weight is 477 g/mol. The van der Waals surface area contributed by atoms with Crippen LogP contribution in [0, 0.1) is 5.92 Å². The van der Waals surface area contributed by atoms with Crippen LogP contribution in [-0.4, -0.2) is 44.9 Å². The third kappa shape index (κ3) is 3.78. The molecular formula is C23H17F6N5. The van der Waals surface area contributed by atoms with Gasteiger partial charge in [-0.05, 0) is 30.7 Å². The van der Waals surface area contributed by atoms with Gasteiger partial charge in [-0.3, -0.25) is 15.0 Å². The number of alkyl halides is 6. The number of halogens is 6. The molecule has 0 bridgehead atoms. The molecule has 11 heteroatoms. The van der Waals surface area contributed by atoms with Crippen molar-refractivity contribution in [2.24, 2.45) is 23.0 Å². The summed E-state index contributed by atoms with van der Waals surface area (Å²) in [5, 5.41) is 0.870. The van der Waals surface area contributed by atoms with E-state index in [1.54, 1.807) is 12.3 Å². The number of aromatic nitrogens is 3. The van der Waals surface area contributed by atoms with Gasteiger partial charge >= 0.3 is 12.4 Å². The molecule has 0 N–H and O–H groups in total. The zero-order valence-corrected chi connectivity index (χ0v) is 17.7. The fraction of sp³-hybridized carbons (Fsp3) is 0.304. The maximum atomic E-state index is 13.5. The van der Waals surface area contributed by atoms with Crippen LogP contribution in [0.5, 0.6) is 0 Å². The lowest BCUT2D eigenvalue weighted by molar-refractivity contribution is -0.165. The summed E-state index contributed by atoms with van der Waals surface area (Å²) in [6.07, 6.45) is -5.32. The van der Waals surface area contributed by atoms with Crippen LogP contribution in [0.4, 0.5) is 26.3 Å². The van der Waals surface area contributed by atoms with Crippen molar-refractivity contribution < 1.29 is 26.3 Å². The highest BCUT2D eigenvalue weighted by Crippen LogP contribution is 2.43. The lowest BCUT2D eigenvalue weighted by Gasteiger charge is -2.31. The SMILES string of the molecule is Cn1c(CCC2=NC3C(=C(C(F)(F)F)C=CC3C(F)(F)F)N=C2)nc2c3cccnc3ccc21. The van der Waals surface area contributed by atoms with Gasteiger partial charge in [0.05, 0.1) is 33.5 Å². The monoisotopic (exact) mass is 477 g/mol. The van der Waals surface area contributed by atoms with Crippen molar-refractivity contribution in [1.29, 1.82) is 0 Å². The number of allylic oxidation sites excluding steroid dienone is 2. The minimum Gasteiger partial charge on any atom is -0.331 e. The van der Waals surface area contributed by atoms with Crippen LogP contribution >= 0.6 is 0 Å².